The lowest BCUT2D eigenvalue weighted by atomic mass is 10.0. The number of nitrogens with two attached hydrogens (primary N) is 1. The van der Waals surface area contributed by atoms with Crippen molar-refractivity contribution < 1.29 is 0 Å². The Morgan fingerprint density at radius 3 is 2.74 bits per heavy atom. The van der Waals surface area contributed by atoms with Crippen molar-refractivity contribution in [2.24, 2.45) is 5.73 Å². The minimum absolute atomic E-state index is 0.117. The van der Waals surface area contributed by atoms with E-state index in [-0.39, 0.29) is 6.17 Å². The molecule has 1 rings (SSSR count). The third kappa shape index (κ3) is 4.69. The van der Waals surface area contributed by atoms with Gasteiger partial charge in [0.15, 0.2) is 0 Å². The fourth-order valence-corrected chi connectivity index (χ4v) is 2.01. The van der Waals surface area contributed by atoms with E-state index >= 15 is 0 Å². The number of hydrogen-bond donors (Lipinski definition) is 3. The van der Waals surface area contributed by atoms with E-state index in [9.17, 15) is 0 Å². The van der Waals surface area contributed by atoms with Crippen molar-refractivity contribution in [1.82, 2.24) is 10.6 Å². The molecule has 0 aliphatic rings. The summed E-state index contributed by atoms with van der Waals surface area (Å²) < 4.78 is 0. The van der Waals surface area contributed by atoms with Crippen molar-refractivity contribution in [3.63, 3.8) is 0 Å². The van der Waals surface area contributed by atoms with Crippen LogP contribution in [0, 0.1) is 13.8 Å². The zero-order chi connectivity index (χ0) is 14.3. The van der Waals surface area contributed by atoms with Crippen LogP contribution in [-0.2, 0) is 0 Å². The normalized spacial score (nSPS) is 13.6. The molecular weight excluding hydrogens is 234 g/mol. The second kappa shape index (κ2) is 7.97. The number of hydrogen-bond acceptors (Lipinski definition) is 3. The van der Waals surface area contributed by atoms with Crippen LogP contribution >= 0.6 is 0 Å². The first-order chi connectivity index (χ1) is 9.10. The number of benzene rings is 1. The molecule has 0 bridgehead atoms. The first-order valence-electron chi connectivity index (χ1n) is 7.04. The van der Waals surface area contributed by atoms with Crippen LogP contribution in [0.2, 0.25) is 0 Å². The van der Waals surface area contributed by atoms with Gasteiger partial charge in [0, 0.05) is 11.3 Å². The quantitative estimate of drug-likeness (QED) is 0.522. The van der Waals surface area contributed by atoms with Crippen molar-refractivity contribution >= 4 is 5.70 Å². The lowest BCUT2D eigenvalue weighted by Crippen LogP contribution is -2.39. The van der Waals surface area contributed by atoms with Gasteiger partial charge >= 0.3 is 0 Å². The molecule has 106 valence electrons. The highest BCUT2D eigenvalue weighted by molar-refractivity contribution is 5.66. The van der Waals surface area contributed by atoms with E-state index in [0.29, 0.717) is 0 Å². The van der Waals surface area contributed by atoms with E-state index in [1.165, 1.54) is 24.0 Å². The van der Waals surface area contributed by atoms with E-state index in [4.69, 9.17) is 5.73 Å². The Balaban J connectivity index is 2.81. The Morgan fingerprint density at radius 2 is 2.11 bits per heavy atom. The van der Waals surface area contributed by atoms with Gasteiger partial charge in [-0.05, 0) is 51.1 Å². The van der Waals surface area contributed by atoms with Crippen LogP contribution < -0.4 is 16.4 Å². The lowest BCUT2D eigenvalue weighted by molar-refractivity contribution is 0.520. The van der Waals surface area contributed by atoms with Crippen molar-refractivity contribution in [1.29, 1.82) is 0 Å². The Bertz CT molecular complexity index is 424. The maximum atomic E-state index is 6.23. The smallest absolute Gasteiger partial charge is 0.0784 e. The van der Waals surface area contributed by atoms with Crippen LogP contribution in [0.5, 0.6) is 0 Å². The zero-order valence-corrected chi connectivity index (χ0v) is 12.6. The molecule has 1 atom stereocenters. The third-order valence-electron chi connectivity index (χ3n) is 3.47. The van der Waals surface area contributed by atoms with Crippen molar-refractivity contribution in [3.8, 4) is 0 Å². The highest BCUT2D eigenvalue weighted by Crippen LogP contribution is 2.18. The Hall–Kier alpha value is -1.32. The first kappa shape index (κ1) is 15.7. The van der Waals surface area contributed by atoms with Crippen LogP contribution in [0.15, 0.2) is 24.3 Å². The largest absolute Gasteiger partial charge is 0.398 e. The van der Waals surface area contributed by atoms with Gasteiger partial charge in [0.25, 0.3) is 0 Å². The monoisotopic (exact) mass is 261 g/mol. The number of unbranched alkanes of at least 4 members (excludes halogenated alkanes) is 1. The SMILES string of the molecule is CCCCNC(/C=C(\N)c1cccc(C)c1C)NC. The number of nitrogens with one attached hydrogen (secondary N) is 2. The molecule has 0 aliphatic carbocycles. The van der Waals surface area contributed by atoms with Gasteiger partial charge < -0.3 is 11.1 Å². The molecule has 0 aliphatic heterocycles. The van der Waals surface area contributed by atoms with E-state index < -0.39 is 0 Å². The molecule has 1 unspecified atom stereocenters. The summed E-state index contributed by atoms with van der Waals surface area (Å²) >= 11 is 0. The molecule has 1 aromatic rings. The van der Waals surface area contributed by atoms with Crippen LogP contribution in [0.1, 0.15) is 36.5 Å². The van der Waals surface area contributed by atoms with Crippen molar-refractivity contribution in [2.45, 2.75) is 39.8 Å². The van der Waals surface area contributed by atoms with Gasteiger partial charge in [0.05, 0.1) is 6.17 Å². The highest BCUT2D eigenvalue weighted by Gasteiger charge is 2.06. The number of likely N-dealkylation sites (N-methyl/N-ethyl adjacent to an activating group) is 1. The minimum Gasteiger partial charge on any atom is -0.398 e. The Labute approximate surface area is 117 Å². The molecule has 4 N–H and O–H groups in total. The summed E-state index contributed by atoms with van der Waals surface area (Å²) in [4.78, 5) is 0. The zero-order valence-electron chi connectivity index (χ0n) is 12.6. The van der Waals surface area contributed by atoms with Crippen LogP contribution in [0.4, 0.5) is 0 Å². The van der Waals surface area contributed by atoms with Gasteiger partial charge in [0.1, 0.15) is 0 Å². The molecule has 1 aromatic carbocycles. The minimum atomic E-state index is 0.117. The van der Waals surface area contributed by atoms with Crippen molar-refractivity contribution in [2.75, 3.05) is 13.6 Å². The Morgan fingerprint density at radius 1 is 1.37 bits per heavy atom. The first-order valence-corrected chi connectivity index (χ1v) is 7.04. The molecule has 0 aromatic heterocycles. The molecule has 19 heavy (non-hydrogen) atoms. The molecule has 0 fully saturated rings. The van der Waals surface area contributed by atoms with Gasteiger partial charge in [0.2, 0.25) is 0 Å². The molecule has 3 nitrogen and oxygen atoms in total. The van der Waals surface area contributed by atoms with Gasteiger partial charge in [-0.25, -0.2) is 0 Å². The Kier molecular flexibility index (Phi) is 6.60. The summed E-state index contributed by atoms with van der Waals surface area (Å²) in [6.45, 7) is 7.42. The predicted octanol–water partition coefficient (Wildman–Crippen LogP) is 2.54. The maximum Gasteiger partial charge on any atom is 0.0784 e. The molecule has 3 heteroatoms. The lowest BCUT2D eigenvalue weighted by Gasteiger charge is -2.16. The summed E-state index contributed by atoms with van der Waals surface area (Å²) in [6.07, 6.45) is 4.54. The molecule has 0 spiro atoms. The average molecular weight is 261 g/mol. The molecule has 0 radical (unpaired) electrons. The van der Waals surface area contributed by atoms with Crippen LogP contribution in [-0.4, -0.2) is 19.8 Å². The van der Waals surface area contributed by atoms with Crippen LogP contribution in [0.25, 0.3) is 5.70 Å². The summed E-state index contributed by atoms with van der Waals surface area (Å²) in [5.74, 6) is 0. The van der Waals surface area contributed by atoms with Gasteiger partial charge in [-0.1, -0.05) is 31.5 Å². The summed E-state index contributed by atoms with van der Waals surface area (Å²) in [5.41, 5.74) is 10.7. The maximum absolute atomic E-state index is 6.23. The number of rotatable bonds is 7. The standard InChI is InChI=1S/C16H27N3/c1-5-6-10-19-16(18-4)11-15(17)14-9-7-8-12(2)13(14)3/h7-9,11,16,18-19H,5-6,10,17H2,1-4H3/b15-11-. The fraction of sp³-hybridized carbons (Fsp3) is 0.500. The second-order valence-electron chi connectivity index (χ2n) is 4.94. The topological polar surface area (TPSA) is 50.1 Å². The number of aryl methyl sites for hydroxylation is 1. The van der Waals surface area contributed by atoms with Gasteiger partial charge in [-0.15, -0.1) is 0 Å². The highest BCUT2D eigenvalue weighted by atomic mass is 15.1. The molecule has 0 heterocycles. The fourth-order valence-electron chi connectivity index (χ4n) is 2.01. The molecular formula is C16H27N3. The van der Waals surface area contributed by atoms with Gasteiger partial charge in [-0.2, -0.15) is 0 Å². The van der Waals surface area contributed by atoms with E-state index in [0.717, 1.165) is 17.8 Å². The molecule has 0 amide bonds. The summed E-state index contributed by atoms with van der Waals surface area (Å²) in [6, 6.07) is 6.24. The van der Waals surface area contributed by atoms with E-state index in [1.54, 1.807) is 0 Å². The predicted molar refractivity (Wildman–Crippen MR) is 83.8 cm³/mol. The summed E-state index contributed by atoms with van der Waals surface area (Å²) in [5, 5.41) is 6.67. The summed E-state index contributed by atoms with van der Waals surface area (Å²) in [7, 11) is 1.94. The molecule has 0 saturated heterocycles. The average Bonchev–Trinajstić information content (AvgIpc) is 2.40. The third-order valence-corrected chi connectivity index (χ3v) is 3.47. The van der Waals surface area contributed by atoms with Gasteiger partial charge in [-0.3, -0.25) is 5.32 Å². The molecule has 0 saturated carbocycles. The van der Waals surface area contributed by atoms with Crippen LogP contribution in [0.3, 0.4) is 0 Å². The van der Waals surface area contributed by atoms with E-state index in [1.807, 2.05) is 7.05 Å². The van der Waals surface area contributed by atoms with E-state index in [2.05, 4.69) is 55.7 Å². The second-order valence-corrected chi connectivity index (χ2v) is 4.94. The van der Waals surface area contributed by atoms with Crippen molar-refractivity contribution in [3.05, 3.63) is 41.0 Å².